The van der Waals surface area contributed by atoms with Gasteiger partial charge in [-0.1, -0.05) is 36.5 Å². The van der Waals surface area contributed by atoms with E-state index < -0.39 is 0 Å². The summed E-state index contributed by atoms with van der Waals surface area (Å²) in [4.78, 5) is 12.8. The van der Waals surface area contributed by atoms with Crippen LogP contribution >= 0.6 is 35.0 Å². The van der Waals surface area contributed by atoms with Crippen molar-refractivity contribution in [3.05, 3.63) is 33.8 Å². The molecule has 0 radical (unpaired) electrons. The second-order valence-electron chi connectivity index (χ2n) is 5.08. The zero-order chi connectivity index (χ0) is 14.0. The van der Waals surface area contributed by atoms with Crippen LogP contribution in [0.2, 0.25) is 10.0 Å². The molecule has 0 N–H and O–H groups in total. The Morgan fingerprint density at radius 2 is 2.11 bits per heavy atom. The molecule has 0 aromatic heterocycles. The molecule has 1 aromatic carbocycles. The molecule has 1 aliphatic heterocycles. The van der Waals surface area contributed by atoms with Crippen molar-refractivity contribution < 1.29 is 4.79 Å². The number of rotatable bonds is 4. The molecule has 104 valence electrons. The van der Waals surface area contributed by atoms with Crippen molar-refractivity contribution in [2.45, 2.75) is 26.2 Å². The Bertz CT molecular complexity index is 488. The molecule has 0 unspecified atom stereocenters. The average Bonchev–Trinajstić information content (AvgIpc) is 2.75. The first-order valence-electron chi connectivity index (χ1n) is 6.39. The van der Waals surface area contributed by atoms with Gasteiger partial charge >= 0.3 is 0 Å². The van der Waals surface area contributed by atoms with Crippen LogP contribution in [0.1, 0.15) is 36.5 Å². The van der Waals surface area contributed by atoms with Gasteiger partial charge in [0.05, 0.1) is 10.0 Å². The summed E-state index contributed by atoms with van der Waals surface area (Å²) in [5.41, 5.74) is 0.239. The average molecular weight is 321 g/mol. The predicted octanol–water partition coefficient (Wildman–Crippen LogP) is 4.82. The molecule has 1 heterocycles. The maximum Gasteiger partial charge on any atom is 0.170 e. The quantitative estimate of drug-likeness (QED) is 0.585. The Morgan fingerprint density at radius 3 is 2.63 bits per heavy atom. The van der Waals surface area contributed by atoms with Gasteiger partial charge in [0.2, 0.25) is 0 Å². The van der Waals surface area contributed by atoms with E-state index in [9.17, 15) is 4.79 Å². The largest absolute Gasteiger partial charge is 0.294 e. The minimum Gasteiger partial charge on any atom is -0.294 e. The molecule has 1 saturated heterocycles. The molecule has 0 amide bonds. The summed E-state index contributed by atoms with van der Waals surface area (Å²) in [6, 6.07) is 5.07. The third-order valence-corrected chi connectivity index (χ3v) is 4.73. The number of benzene rings is 1. The van der Waals surface area contributed by atoms with Crippen molar-refractivity contribution in [2.75, 3.05) is 13.1 Å². The Morgan fingerprint density at radius 1 is 1.37 bits per heavy atom. The lowest BCUT2D eigenvalue weighted by molar-refractivity contribution is 0.0794. The molecule has 1 fully saturated rings. The number of hydrogen-bond acceptors (Lipinski definition) is 2. The molecule has 2 rings (SSSR count). The molecule has 0 bridgehead atoms. The number of ketones is 1. The van der Waals surface area contributed by atoms with E-state index in [1.54, 1.807) is 22.6 Å². The molecular weight excluding hydrogens is 305 g/mol. The van der Waals surface area contributed by atoms with Crippen LogP contribution < -0.4 is 0 Å². The summed E-state index contributed by atoms with van der Waals surface area (Å²) in [7, 11) is 0. The first kappa shape index (κ1) is 15.1. The fourth-order valence-electron chi connectivity index (χ4n) is 2.75. The highest BCUT2D eigenvalue weighted by Gasteiger charge is 2.43. The fourth-order valence-corrected chi connectivity index (χ4v) is 3.36. The Kier molecular flexibility index (Phi) is 4.78. The molecule has 19 heavy (non-hydrogen) atoms. The van der Waals surface area contributed by atoms with Gasteiger partial charge in [0, 0.05) is 24.1 Å². The van der Waals surface area contributed by atoms with Gasteiger partial charge in [-0.3, -0.25) is 4.79 Å². The minimum absolute atomic E-state index is 0.121. The maximum absolute atomic E-state index is 12.8. The van der Waals surface area contributed by atoms with Gasteiger partial charge in [-0.15, -0.1) is 0 Å². The van der Waals surface area contributed by atoms with Crippen LogP contribution in [-0.4, -0.2) is 23.3 Å². The van der Waals surface area contributed by atoms with Gasteiger partial charge in [0.25, 0.3) is 0 Å². The zero-order valence-corrected chi connectivity index (χ0v) is 13.0. The lowest BCUT2D eigenvalue weighted by atomic mass is 9.76. The molecular formula is C14H16Cl3NO. The summed E-state index contributed by atoms with van der Waals surface area (Å²) in [6.07, 6.45) is 2.59. The molecule has 0 aliphatic carbocycles. The Labute approximate surface area is 128 Å². The summed E-state index contributed by atoms with van der Waals surface area (Å²) < 4.78 is 1.70. The van der Waals surface area contributed by atoms with Crippen LogP contribution in [0.15, 0.2) is 18.2 Å². The van der Waals surface area contributed by atoms with Crippen LogP contribution in [0.5, 0.6) is 0 Å². The summed E-state index contributed by atoms with van der Waals surface area (Å²) in [6.45, 7) is 3.43. The van der Waals surface area contributed by atoms with Crippen LogP contribution in [-0.2, 0) is 0 Å². The summed E-state index contributed by atoms with van der Waals surface area (Å²) >= 11 is 17.9. The maximum atomic E-state index is 12.8. The molecule has 0 saturated carbocycles. The van der Waals surface area contributed by atoms with E-state index in [-0.39, 0.29) is 11.2 Å². The van der Waals surface area contributed by atoms with Crippen molar-refractivity contribution in [2.24, 2.45) is 5.41 Å². The van der Waals surface area contributed by atoms with E-state index in [0.717, 1.165) is 25.8 Å². The van der Waals surface area contributed by atoms with Crippen molar-refractivity contribution in [3.8, 4) is 0 Å². The molecule has 5 heteroatoms. The number of carbonyl (C=O) groups is 1. The van der Waals surface area contributed by atoms with E-state index in [0.29, 0.717) is 22.2 Å². The summed E-state index contributed by atoms with van der Waals surface area (Å²) in [5, 5.41) is 0.882. The van der Waals surface area contributed by atoms with Gasteiger partial charge in [-0.25, -0.2) is 4.42 Å². The van der Waals surface area contributed by atoms with Gasteiger partial charge in [-0.2, -0.15) is 0 Å². The lowest BCUT2D eigenvalue weighted by Crippen LogP contribution is -2.33. The van der Waals surface area contributed by atoms with E-state index in [1.165, 1.54) is 0 Å². The molecule has 0 spiro atoms. The topological polar surface area (TPSA) is 20.3 Å². The standard InChI is InChI=1S/C14H16Cl3NO/c1-2-5-14(6-7-18(17)9-14)13(19)10-3-4-11(15)12(16)8-10/h3-4,8H,2,5-7,9H2,1H3/t14-/m0/s1. The Hall–Kier alpha value is -0.280. The second-order valence-corrected chi connectivity index (χ2v) is 6.38. The normalized spacial score (nSPS) is 23.8. The molecule has 1 aliphatic rings. The van der Waals surface area contributed by atoms with Crippen LogP contribution in [0, 0.1) is 5.41 Å². The summed E-state index contributed by atoms with van der Waals surface area (Å²) in [5.74, 6) is 0.121. The first-order chi connectivity index (χ1) is 8.98. The molecule has 1 aromatic rings. The molecule has 2 nitrogen and oxygen atoms in total. The fraction of sp³-hybridized carbons (Fsp3) is 0.500. The van der Waals surface area contributed by atoms with E-state index in [1.807, 2.05) is 0 Å². The number of hydrogen-bond donors (Lipinski definition) is 0. The highest BCUT2D eigenvalue weighted by molar-refractivity contribution is 6.42. The number of carbonyl (C=O) groups excluding carboxylic acids is 1. The van der Waals surface area contributed by atoms with Crippen molar-refractivity contribution in [1.29, 1.82) is 0 Å². The third-order valence-electron chi connectivity index (χ3n) is 3.70. The SMILES string of the molecule is CCC[C@]1(C(=O)c2ccc(Cl)c(Cl)c2)CCN(Cl)C1. The lowest BCUT2D eigenvalue weighted by Gasteiger charge is -2.26. The smallest absolute Gasteiger partial charge is 0.170 e. The second kappa shape index (κ2) is 6.01. The van der Waals surface area contributed by atoms with E-state index in [2.05, 4.69) is 6.92 Å². The van der Waals surface area contributed by atoms with Crippen molar-refractivity contribution >= 4 is 40.8 Å². The highest BCUT2D eigenvalue weighted by Crippen LogP contribution is 2.39. The number of nitrogens with zero attached hydrogens (tertiary/aromatic N) is 1. The van der Waals surface area contributed by atoms with E-state index in [4.69, 9.17) is 35.0 Å². The first-order valence-corrected chi connectivity index (χ1v) is 7.48. The van der Waals surface area contributed by atoms with Gasteiger partial charge in [0.15, 0.2) is 5.78 Å². The van der Waals surface area contributed by atoms with Gasteiger partial charge in [-0.05, 0) is 42.8 Å². The number of Topliss-reactive ketones (excluding diaryl/α,β-unsaturated/α-hetero) is 1. The van der Waals surface area contributed by atoms with Crippen molar-refractivity contribution in [3.63, 3.8) is 0 Å². The van der Waals surface area contributed by atoms with Gasteiger partial charge in [0.1, 0.15) is 0 Å². The zero-order valence-electron chi connectivity index (χ0n) is 10.8. The molecule has 1 atom stereocenters. The highest BCUT2D eigenvalue weighted by atomic mass is 35.5. The van der Waals surface area contributed by atoms with Crippen molar-refractivity contribution in [1.82, 2.24) is 4.42 Å². The van der Waals surface area contributed by atoms with Gasteiger partial charge < -0.3 is 0 Å². The predicted molar refractivity (Wildman–Crippen MR) is 80.2 cm³/mol. The minimum atomic E-state index is -0.381. The van der Waals surface area contributed by atoms with Crippen LogP contribution in [0.25, 0.3) is 0 Å². The monoisotopic (exact) mass is 319 g/mol. The van der Waals surface area contributed by atoms with Crippen LogP contribution in [0.4, 0.5) is 0 Å². The Balaban J connectivity index is 2.32. The third kappa shape index (κ3) is 3.08. The van der Waals surface area contributed by atoms with E-state index >= 15 is 0 Å². The van der Waals surface area contributed by atoms with Crippen LogP contribution in [0.3, 0.4) is 0 Å². The number of halogens is 3.